The van der Waals surface area contributed by atoms with E-state index in [-0.39, 0.29) is 16.9 Å². The highest BCUT2D eigenvalue weighted by atomic mass is 35.5. The second kappa shape index (κ2) is 7.55. The number of hydrogen-bond donors (Lipinski definition) is 3. The Morgan fingerprint density at radius 1 is 1.33 bits per heavy atom. The number of carbonyl (C=O) groups excluding carboxylic acids is 2. The summed E-state index contributed by atoms with van der Waals surface area (Å²) in [4.78, 5) is 35.1. The van der Waals surface area contributed by atoms with Crippen molar-refractivity contribution in [1.82, 2.24) is 24.8 Å². The van der Waals surface area contributed by atoms with Crippen LogP contribution in [0.1, 0.15) is 26.3 Å². The van der Waals surface area contributed by atoms with Crippen LogP contribution in [0, 0.1) is 0 Å². The number of imidazole rings is 1. The normalized spacial score (nSPS) is 26.1. The summed E-state index contributed by atoms with van der Waals surface area (Å²) in [5.41, 5.74) is 0.607. The molecule has 0 bridgehead atoms. The van der Waals surface area contributed by atoms with Crippen LogP contribution >= 0.6 is 23.2 Å². The predicted molar refractivity (Wildman–Crippen MR) is 94.2 cm³/mol. The highest BCUT2D eigenvalue weighted by Crippen LogP contribution is 2.34. The molecule has 5 atom stereocenters. The van der Waals surface area contributed by atoms with E-state index in [1.54, 1.807) is 0 Å². The van der Waals surface area contributed by atoms with E-state index < -0.39 is 42.3 Å². The van der Waals surface area contributed by atoms with Gasteiger partial charge in [-0.2, -0.15) is 4.98 Å². The highest BCUT2D eigenvalue weighted by molar-refractivity contribution is 6.35. The molecule has 1 aliphatic rings. The minimum Gasteiger partial charge on any atom is -0.453 e. The van der Waals surface area contributed by atoms with Crippen molar-refractivity contribution < 1.29 is 24.5 Å². The van der Waals surface area contributed by atoms with E-state index in [4.69, 9.17) is 27.9 Å². The monoisotopic (exact) mass is 417 g/mol. The number of aliphatic hydroxyl groups is 2. The van der Waals surface area contributed by atoms with Gasteiger partial charge in [0.25, 0.3) is 5.91 Å². The number of rotatable bonds is 4. The van der Waals surface area contributed by atoms with Crippen LogP contribution in [0.3, 0.4) is 0 Å². The molecule has 1 amide bonds. The standard InChI is InChI=1S/C15H17Cl2N5O5/c1-5(27-6(2)23)14(26)19-7-3-8(11(25)10(7)24)22-4-18-9-12(16)20-15(17)21-13(9)22/h4-5,7-8,10-11,24-25H,3H2,1-2H3,(H,19,26)/t5-,7-,8+,10+,11-/m0/s1. The van der Waals surface area contributed by atoms with E-state index >= 15 is 0 Å². The van der Waals surface area contributed by atoms with E-state index in [2.05, 4.69) is 20.3 Å². The lowest BCUT2D eigenvalue weighted by Crippen LogP contribution is -2.47. The first-order chi connectivity index (χ1) is 12.7. The number of carbonyl (C=O) groups is 2. The summed E-state index contributed by atoms with van der Waals surface area (Å²) in [7, 11) is 0. The SMILES string of the molecule is CC(=O)O[C@@H](C)C(=O)N[C@H]1C[C@@H](n2cnc3c(Cl)nc(Cl)nc32)[C@H](O)[C@@H]1O. The molecule has 12 heteroatoms. The Labute approximate surface area is 163 Å². The molecular formula is C15H17Cl2N5O5. The van der Waals surface area contributed by atoms with Crippen molar-refractivity contribution in [2.24, 2.45) is 0 Å². The van der Waals surface area contributed by atoms with Gasteiger partial charge in [-0.05, 0) is 24.9 Å². The summed E-state index contributed by atoms with van der Waals surface area (Å²) in [5, 5.41) is 23.3. The minimum absolute atomic E-state index is 0.0665. The predicted octanol–water partition coefficient (Wildman–Crippen LogP) is 0.236. The van der Waals surface area contributed by atoms with Crippen LogP contribution in [-0.4, -0.2) is 66.0 Å². The van der Waals surface area contributed by atoms with Gasteiger partial charge >= 0.3 is 5.97 Å². The molecule has 0 aliphatic heterocycles. The van der Waals surface area contributed by atoms with Gasteiger partial charge in [-0.25, -0.2) is 9.97 Å². The Balaban J connectivity index is 1.81. The summed E-state index contributed by atoms with van der Waals surface area (Å²) in [6, 6.07) is -1.40. The molecule has 2 aromatic rings. The first-order valence-corrected chi connectivity index (χ1v) is 8.84. The average molecular weight is 418 g/mol. The van der Waals surface area contributed by atoms with E-state index in [1.165, 1.54) is 24.7 Å². The number of nitrogens with zero attached hydrogens (tertiary/aromatic N) is 4. The van der Waals surface area contributed by atoms with Gasteiger partial charge in [-0.15, -0.1) is 0 Å². The van der Waals surface area contributed by atoms with Gasteiger partial charge in [0.1, 0.15) is 17.7 Å². The van der Waals surface area contributed by atoms with Crippen LogP contribution in [0.25, 0.3) is 11.2 Å². The third kappa shape index (κ3) is 3.84. The lowest BCUT2D eigenvalue weighted by atomic mass is 10.2. The molecule has 2 aromatic heterocycles. The number of amides is 1. The van der Waals surface area contributed by atoms with Crippen molar-refractivity contribution in [2.75, 3.05) is 0 Å². The number of fused-ring (bicyclic) bond motifs is 1. The van der Waals surface area contributed by atoms with E-state index in [0.717, 1.165) is 0 Å². The molecule has 0 aromatic carbocycles. The molecule has 0 unspecified atom stereocenters. The van der Waals surface area contributed by atoms with Gasteiger partial charge in [-0.3, -0.25) is 9.59 Å². The van der Waals surface area contributed by atoms with Crippen molar-refractivity contribution in [3.63, 3.8) is 0 Å². The molecule has 0 radical (unpaired) electrons. The molecule has 0 spiro atoms. The molecule has 27 heavy (non-hydrogen) atoms. The molecule has 1 aliphatic carbocycles. The maximum Gasteiger partial charge on any atom is 0.303 e. The van der Waals surface area contributed by atoms with E-state index in [1.807, 2.05) is 0 Å². The van der Waals surface area contributed by atoms with Crippen LogP contribution in [0.4, 0.5) is 0 Å². The fourth-order valence-electron chi connectivity index (χ4n) is 3.13. The molecule has 3 rings (SSSR count). The van der Waals surface area contributed by atoms with Gasteiger partial charge in [0.15, 0.2) is 16.9 Å². The highest BCUT2D eigenvalue weighted by Gasteiger charge is 2.44. The van der Waals surface area contributed by atoms with Crippen molar-refractivity contribution >= 4 is 46.2 Å². The Kier molecular flexibility index (Phi) is 5.52. The lowest BCUT2D eigenvalue weighted by molar-refractivity contribution is -0.153. The average Bonchev–Trinajstić information content (AvgIpc) is 3.10. The molecule has 1 saturated carbocycles. The topological polar surface area (TPSA) is 139 Å². The Morgan fingerprint density at radius 2 is 2.04 bits per heavy atom. The van der Waals surface area contributed by atoms with Gasteiger partial charge in [0, 0.05) is 6.92 Å². The smallest absolute Gasteiger partial charge is 0.303 e. The van der Waals surface area contributed by atoms with E-state index in [9.17, 15) is 19.8 Å². The molecular weight excluding hydrogens is 401 g/mol. The first kappa shape index (κ1) is 19.7. The van der Waals surface area contributed by atoms with Gasteiger partial charge in [0.05, 0.1) is 18.4 Å². The molecule has 10 nitrogen and oxygen atoms in total. The second-order valence-corrected chi connectivity index (χ2v) is 6.95. The number of aliphatic hydroxyl groups excluding tert-OH is 2. The zero-order valence-electron chi connectivity index (χ0n) is 14.3. The first-order valence-electron chi connectivity index (χ1n) is 8.08. The Hall–Kier alpha value is -2.01. The molecule has 2 heterocycles. The fraction of sp³-hybridized carbons (Fsp3) is 0.533. The molecule has 0 saturated heterocycles. The number of ether oxygens (including phenoxy) is 1. The van der Waals surface area contributed by atoms with Crippen LogP contribution in [0.5, 0.6) is 0 Å². The lowest BCUT2D eigenvalue weighted by Gasteiger charge is -2.20. The van der Waals surface area contributed by atoms with E-state index in [0.29, 0.717) is 11.2 Å². The van der Waals surface area contributed by atoms with Crippen molar-refractivity contribution in [3.05, 3.63) is 16.8 Å². The summed E-state index contributed by atoms with van der Waals surface area (Å²) < 4.78 is 6.34. The van der Waals surface area contributed by atoms with Gasteiger partial charge < -0.3 is 24.8 Å². The molecule has 3 N–H and O–H groups in total. The van der Waals surface area contributed by atoms with Crippen molar-refractivity contribution in [1.29, 1.82) is 0 Å². The maximum absolute atomic E-state index is 12.1. The van der Waals surface area contributed by atoms with Crippen LogP contribution < -0.4 is 5.32 Å². The number of nitrogens with one attached hydrogen (secondary N) is 1. The Morgan fingerprint density at radius 3 is 2.70 bits per heavy atom. The number of hydrogen-bond acceptors (Lipinski definition) is 8. The summed E-state index contributed by atoms with van der Waals surface area (Å²) >= 11 is 11.8. The number of halogens is 2. The Bertz CT molecular complexity index is 891. The largest absolute Gasteiger partial charge is 0.453 e. The molecule has 146 valence electrons. The van der Waals surface area contributed by atoms with Crippen LogP contribution in [0.2, 0.25) is 10.4 Å². The van der Waals surface area contributed by atoms with Gasteiger partial charge in [-0.1, -0.05) is 11.6 Å². The van der Waals surface area contributed by atoms with Crippen LogP contribution in [0.15, 0.2) is 6.33 Å². The summed E-state index contributed by atoms with van der Waals surface area (Å²) in [6.07, 6.45) is -1.87. The number of esters is 1. The summed E-state index contributed by atoms with van der Waals surface area (Å²) in [6.45, 7) is 2.60. The zero-order valence-corrected chi connectivity index (χ0v) is 15.8. The quantitative estimate of drug-likeness (QED) is 0.365. The van der Waals surface area contributed by atoms with Gasteiger partial charge in [0.2, 0.25) is 5.28 Å². The maximum atomic E-state index is 12.1. The summed E-state index contributed by atoms with van der Waals surface area (Å²) in [5.74, 6) is -1.17. The number of aromatic nitrogens is 4. The third-order valence-corrected chi connectivity index (χ3v) is 4.83. The molecule has 1 fully saturated rings. The van der Waals surface area contributed by atoms with Crippen molar-refractivity contribution in [2.45, 2.75) is 50.7 Å². The van der Waals surface area contributed by atoms with Crippen LogP contribution in [-0.2, 0) is 14.3 Å². The minimum atomic E-state index is -1.24. The van der Waals surface area contributed by atoms with Crippen molar-refractivity contribution in [3.8, 4) is 0 Å². The third-order valence-electron chi connectivity index (χ3n) is 4.40. The fourth-order valence-corrected chi connectivity index (χ4v) is 3.55. The second-order valence-electron chi connectivity index (χ2n) is 6.26. The zero-order chi connectivity index (χ0) is 19.9.